The van der Waals surface area contributed by atoms with Crippen molar-refractivity contribution >= 4 is 0 Å². The van der Waals surface area contributed by atoms with Crippen molar-refractivity contribution < 1.29 is 19.0 Å². The first-order valence-electron chi connectivity index (χ1n) is 11.5. The van der Waals surface area contributed by atoms with Crippen LogP contribution in [0, 0.1) is 29.5 Å². The lowest BCUT2D eigenvalue weighted by Crippen LogP contribution is -2.58. The standard InChI is InChI=1S/C26H29FN2O3/c27-23-4-1-19(2-5-23)15-24-21(3-6-25(28-24)32-17-20-10-14-31-16-20)7-11-26(30)18-29-12-8-22(26)9-13-29/h1-6,20,22,30H,8-10,12-18H2. The third-order valence-electron chi connectivity index (χ3n) is 6.87. The Hall–Kier alpha value is -2.46. The van der Waals surface area contributed by atoms with Gasteiger partial charge in [-0.1, -0.05) is 24.0 Å². The van der Waals surface area contributed by atoms with Gasteiger partial charge in [0, 0.05) is 43.0 Å². The molecule has 2 bridgehead atoms. The molecule has 0 spiro atoms. The molecule has 168 valence electrons. The van der Waals surface area contributed by atoms with Crippen LogP contribution in [-0.4, -0.2) is 60.0 Å². The van der Waals surface area contributed by atoms with Crippen LogP contribution in [0.1, 0.15) is 36.1 Å². The molecule has 2 aromatic rings. The molecule has 4 aliphatic heterocycles. The zero-order chi connectivity index (χ0) is 22.0. The van der Waals surface area contributed by atoms with E-state index in [1.54, 1.807) is 12.1 Å². The van der Waals surface area contributed by atoms with Crippen molar-refractivity contribution in [1.29, 1.82) is 0 Å². The molecule has 0 radical (unpaired) electrons. The number of aliphatic hydroxyl groups is 1. The van der Waals surface area contributed by atoms with Crippen LogP contribution in [0.25, 0.3) is 0 Å². The maximum absolute atomic E-state index is 13.4. The number of piperidine rings is 3. The third kappa shape index (κ3) is 4.80. The molecule has 1 N–H and O–H groups in total. The number of nitrogens with zero attached hydrogens (tertiary/aromatic N) is 2. The predicted molar refractivity (Wildman–Crippen MR) is 119 cm³/mol. The van der Waals surface area contributed by atoms with E-state index in [0.717, 1.165) is 62.4 Å². The fourth-order valence-corrected chi connectivity index (χ4v) is 4.88. The number of hydrogen-bond donors (Lipinski definition) is 1. The molecule has 4 saturated heterocycles. The normalized spacial score (nSPS) is 28.9. The lowest BCUT2D eigenvalue weighted by molar-refractivity contribution is -0.0713. The van der Waals surface area contributed by atoms with Gasteiger partial charge in [-0.25, -0.2) is 9.37 Å². The van der Waals surface area contributed by atoms with E-state index in [1.807, 2.05) is 12.1 Å². The Morgan fingerprint density at radius 3 is 2.66 bits per heavy atom. The molecule has 4 fully saturated rings. The van der Waals surface area contributed by atoms with Gasteiger partial charge in [-0.15, -0.1) is 0 Å². The molecule has 1 aromatic carbocycles. The summed E-state index contributed by atoms with van der Waals surface area (Å²) >= 11 is 0. The summed E-state index contributed by atoms with van der Waals surface area (Å²) in [5.41, 5.74) is 1.52. The number of halogens is 1. The maximum atomic E-state index is 13.4. The van der Waals surface area contributed by atoms with Crippen LogP contribution < -0.4 is 4.74 Å². The molecule has 32 heavy (non-hydrogen) atoms. The highest BCUT2D eigenvalue weighted by Crippen LogP contribution is 2.35. The van der Waals surface area contributed by atoms with Gasteiger partial charge in [-0.05, 0) is 56.1 Å². The Morgan fingerprint density at radius 1 is 1.16 bits per heavy atom. The molecule has 0 aliphatic carbocycles. The van der Waals surface area contributed by atoms with Crippen molar-refractivity contribution in [2.75, 3.05) is 39.5 Å². The molecule has 5 heterocycles. The molecule has 6 heteroatoms. The number of rotatable bonds is 5. The van der Waals surface area contributed by atoms with Crippen molar-refractivity contribution in [3.63, 3.8) is 0 Å². The second-order valence-electron chi connectivity index (χ2n) is 9.21. The lowest BCUT2D eigenvalue weighted by atomic mass is 9.75. The van der Waals surface area contributed by atoms with Crippen LogP contribution >= 0.6 is 0 Å². The first-order chi connectivity index (χ1) is 15.6. The van der Waals surface area contributed by atoms with Crippen LogP contribution in [0.15, 0.2) is 36.4 Å². The highest BCUT2D eigenvalue weighted by atomic mass is 19.1. The SMILES string of the molecule is OC1(C#Cc2ccc(OCC3CCOC3)nc2Cc2ccc(F)cc2)CN2CCC1CC2. The molecule has 2 atom stereocenters. The minimum atomic E-state index is -0.971. The summed E-state index contributed by atoms with van der Waals surface area (Å²) in [6, 6.07) is 10.2. The number of hydrogen-bond acceptors (Lipinski definition) is 5. The van der Waals surface area contributed by atoms with Gasteiger partial charge in [0.1, 0.15) is 11.4 Å². The predicted octanol–water partition coefficient (Wildman–Crippen LogP) is 3.04. The first-order valence-corrected chi connectivity index (χ1v) is 11.5. The van der Waals surface area contributed by atoms with Gasteiger partial charge in [0.15, 0.2) is 0 Å². The van der Waals surface area contributed by atoms with Crippen LogP contribution in [0.5, 0.6) is 5.88 Å². The number of benzene rings is 1. The number of aromatic nitrogens is 1. The topological polar surface area (TPSA) is 54.8 Å². The van der Waals surface area contributed by atoms with E-state index in [-0.39, 0.29) is 11.7 Å². The number of pyridine rings is 1. The van der Waals surface area contributed by atoms with Crippen LogP contribution in [0.4, 0.5) is 4.39 Å². The fourth-order valence-electron chi connectivity index (χ4n) is 4.88. The highest BCUT2D eigenvalue weighted by molar-refractivity contribution is 5.44. The lowest BCUT2D eigenvalue weighted by Gasteiger charge is -2.47. The van der Waals surface area contributed by atoms with Crippen LogP contribution in [-0.2, 0) is 11.2 Å². The first kappa shape index (κ1) is 21.4. The molecular formula is C26H29FN2O3. The second kappa shape index (κ2) is 9.19. The molecule has 5 nitrogen and oxygen atoms in total. The number of fused-ring (bicyclic) bond motifs is 3. The van der Waals surface area contributed by atoms with Gasteiger partial charge in [0.05, 0.1) is 18.9 Å². The quantitative estimate of drug-likeness (QED) is 0.731. The number of ether oxygens (including phenoxy) is 2. The van der Waals surface area contributed by atoms with Crippen molar-refractivity contribution in [2.45, 2.75) is 31.3 Å². The van der Waals surface area contributed by atoms with E-state index in [0.29, 0.717) is 31.4 Å². The summed E-state index contributed by atoms with van der Waals surface area (Å²) in [4.78, 5) is 7.02. The van der Waals surface area contributed by atoms with Gasteiger partial charge < -0.3 is 14.6 Å². The second-order valence-corrected chi connectivity index (χ2v) is 9.21. The Bertz CT molecular complexity index is 1000. The molecule has 0 amide bonds. The van der Waals surface area contributed by atoms with Crippen molar-refractivity contribution in [3.8, 4) is 17.7 Å². The van der Waals surface area contributed by atoms with E-state index in [1.165, 1.54) is 12.1 Å². The molecule has 6 rings (SSSR count). The largest absolute Gasteiger partial charge is 0.477 e. The summed E-state index contributed by atoms with van der Waals surface area (Å²) in [6.07, 6.45) is 3.50. The average molecular weight is 437 g/mol. The fraction of sp³-hybridized carbons (Fsp3) is 0.500. The Labute approximate surface area is 188 Å². The molecule has 2 unspecified atom stereocenters. The highest BCUT2D eigenvalue weighted by Gasteiger charge is 2.44. The molecular weight excluding hydrogens is 407 g/mol. The van der Waals surface area contributed by atoms with Crippen molar-refractivity contribution in [3.05, 3.63) is 59.0 Å². The van der Waals surface area contributed by atoms with Gasteiger partial charge >= 0.3 is 0 Å². The Morgan fingerprint density at radius 2 is 1.97 bits per heavy atom. The molecule has 0 saturated carbocycles. The summed E-state index contributed by atoms with van der Waals surface area (Å²) in [5, 5.41) is 11.2. The summed E-state index contributed by atoms with van der Waals surface area (Å²) in [6.45, 7) is 4.78. The zero-order valence-electron chi connectivity index (χ0n) is 18.2. The van der Waals surface area contributed by atoms with E-state index < -0.39 is 5.60 Å². The van der Waals surface area contributed by atoms with E-state index >= 15 is 0 Å². The van der Waals surface area contributed by atoms with Crippen molar-refractivity contribution in [2.24, 2.45) is 11.8 Å². The minimum Gasteiger partial charge on any atom is -0.477 e. The maximum Gasteiger partial charge on any atom is 0.213 e. The third-order valence-corrected chi connectivity index (χ3v) is 6.87. The average Bonchev–Trinajstić information content (AvgIpc) is 3.33. The van der Waals surface area contributed by atoms with E-state index in [4.69, 9.17) is 14.5 Å². The van der Waals surface area contributed by atoms with E-state index in [2.05, 4.69) is 16.7 Å². The Kier molecular flexibility index (Phi) is 6.14. The smallest absolute Gasteiger partial charge is 0.213 e. The summed E-state index contributed by atoms with van der Waals surface area (Å²) < 4.78 is 24.7. The monoisotopic (exact) mass is 436 g/mol. The Balaban J connectivity index is 1.39. The summed E-state index contributed by atoms with van der Waals surface area (Å²) in [7, 11) is 0. The van der Waals surface area contributed by atoms with Crippen LogP contribution in [0.2, 0.25) is 0 Å². The summed E-state index contributed by atoms with van der Waals surface area (Å²) in [5.74, 6) is 7.32. The molecule has 4 aliphatic rings. The van der Waals surface area contributed by atoms with E-state index in [9.17, 15) is 9.50 Å². The van der Waals surface area contributed by atoms with Gasteiger partial charge in [-0.2, -0.15) is 0 Å². The molecule has 1 aromatic heterocycles. The van der Waals surface area contributed by atoms with Gasteiger partial charge in [0.2, 0.25) is 5.88 Å². The van der Waals surface area contributed by atoms with Crippen molar-refractivity contribution in [1.82, 2.24) is 9.88 Å². The zero-order valence-corrected chi connectivity index (χ0v) is 18.2. The van der Waals surface area contributed by atoms with Gasteiger partial charge in [0.25, 0.3) is 0 Å². The van der Waals surface area contributed by atoms with Gasteiger partial charge in [-0.3, -0.25) is 4.90 Å². The minimum absolute atomic E-state index is 0.227. The van der Waals surface area contributed by atoms with Crippen LogP contribution in [0.3, 0.4) is 0 Å².